The number of sulfonamides is 1. The van der Waals surface area contributed by atoms with Crippen LogP contribution in [-0.4, -0.2) is 19.8 Å². The fraction of sp³-hybridized carbons (Fsp3) is 0.538. The van der Waals surface area contributed by atoms with E-state index in [-0.39, 0.29) is 11.6 Å². The van der Waals surface area contributed by atoms with Gasteiger partial charge in [0.05, 0.1) is 5.75 Å². The molecule has 1 aromatic rings. The van der Waals surface area contributed by atoms with Crippen LogP contribution in [0.4, 0.5) is 0 Å². The van der Waals surface area contributed by atoms with E-state index < -0.39 is 15.6 Å². The molecule has 1 rings (SSSR count). The summed E-state index contributed by atoms with van der Waals surface area (Å²) in [5.41, 5.74) is 0.246. The Morgan fingerprint density at radius 1 is 1.17 bits per heavy atom. The summed E-state index contributed by atoms with van der Waals surface area (Å²) < 4.78 is 27.0. The smallest absolute Gasteiger partial charge is 0.212 e. The van der Waals surface area contributed by atoms with Crippen LogP contribution in [0.5, 0.6) is 0 Å². The average molecular weight is 290 g/mol. The van der Waals surface area contributed by atoms with Crippen LogP contribution in [-0.2, 0) is 15.8 Å². The zero-order valence-corrected chi connectivity index (χ0v) is 12.4. The van der Waals surface area contributed by atoms with Crippen molar-refractivity contribution in [3.8, 4) is 0 Å². The van der Waals surface area contributed by atoms with Gasteiger partial charge < -0.3 is 0 Å². The lowest BCUT2D eigenvalue weighted by Crippen LogP contribution is -2.49. The number of alkyl halides is 1. The number of rotatable bonds is 7. The third-order valence-corrected chi connectivity index (χ3v) is 5.15. The predicted molar refractivity (Wildman–Crippen MR) is 76.2 cm³/mol. The van der Waals surface area contributed by atoms with Gasteiger partial charge in [-0.1, -0.05) is 44.2 Å². The summed E-state index contributed by atoms with van der Waals surface area (Å²) >= 11 is 5.91. The quantitative estimate of drug-likeness (QED) is 0.785. The minimum atomic E-state index is -3.36. The molecule has 0 spiro atoms. The molecule has 0 saturated heterocycles. The van der Waals surface area contributed by atoms with Crippen molar-refractivity contribution in [2.45, 2.75) is 38.0 Å². The number of hydrogen-bond acceptors (Lipinski definition) is 2. The molecule has 0 fully saturated rings. The molecule has 0 aliphatic carbocycles. The third kappa shape index (κ3) is 4.26. The number of benzene rings is 1. The van der Waals surface area contributed by atoms with Crippen molar-refractivity contribution in [2.24, 2.45) is 0 Å². The lowest BCUT2D eigenvalue weighted by molar-refractivity contribution is 0.393. The van der Waals surface area contributed by atoms with Gasteiger partial charge in [0.15, 0.2) is 0 Å². The van der Waals surface area contributed by atoms with Gasteiger partial charge in [-0.2, -0.15) is 0 Å². The maximum atomic E-state index is 12.1. The van der Waals surface area contributed by atoms with E-state index in [1.807, 2.05) is 32.0 Å². The summed E-state index contributed by atoms with van der Waals surface area (Å²) in [6, 6.07) is 9.14. The fourth-order valence-electron chi connectivity index (χ4n) is 1.77. The van der Waals surface area contributed by atoms with E-state index in [4.69, 9.17) is 11.6 Å². The van der Waals surface area contributed by atoms with Gasteiger partial charge in [0.25, 0.3) is 0 Å². The van der Waals surface area contributed by atoms with E-state index in [1.165, 1.54) is 0 Å². The van der Waals surface area contributed by atoms with E-state index in [9.17, 15) is 8.42 Å². The standard InChI is InChI=1S/C13H20ClNO2S/c1-3-13(4-2,11-14)15-18(16,17)10-12-8-6-5-7-9-12/h5-9,15H,3-4,10-11H2,1-2H3. The van der Waals surface area contributed by atoms with E-state index in [2.05, 4.69) is 4.72 Å². The maximum Gasteiger partial charge on any atom is 0.216 e. The summed E-state index contributed by atoms with van der Waals surface area (Å²) in [7, 11) is -3.36. The second-order valence-electron chi connectivity index (χ2n) is 4.47. The first-order valence-electron chi connectivity index (χ1n) is 6.08. The minimum absolute atomic E-state index is 0.00746. The van der Waals surface area contributed by atoms with Gasteiger partial charge >= 0.3 is 0 Å². The van der Waals surface area contributed by atoms with E-state index in [0.29, 0.717) is 12.8 Å². The summed E-state index contributed by atoms with van der Waals surface area (Å²) in [4.78, 5) is 0. The van der Waals surface area contributed by atoms with Crippen molar-refractivity contribution in [1.29, 1.82) is 0 Å². The average Bonchev–Trinajstić information content (AvgIpc) is 2.37. The Hall–Kier alpha value is -0.580. The first-order chi connectivity index (χ1) is 8.47. The molecule has 1 N–H and O–H groups in total. The Morgan fingerprint density at radius 3 is 2.17 bits per heavy atom. The summed E-state index contributed by atoms with van der Waals surface area (Å²) in [6.07, 6.45) is 1.36. The molecule has 0 bridgehead atoms. The lowest BCUT2D eigenvalue weighted by Gasteiger charge is -2.30. The van der Waals surface area contributed by atoms with Crippen LogP contribution in [0, 0.1) is 0 Å². The Kier molecular flexibility index (Phi) is 5.63. The van der Waals surface area contributed by atoms with Crippen LogP contribution in [0.25, 0.3) is 0 Å². The summed E-state index contributed by atoms with van der Waals surface area (Å²) in [5, 5.41) is 0. The Balaban J connectivity index is 2.82. The Morgan fingerprint density at radius 2 is 1.72 bits per heavy atom. The highest BCUT2D eigenvalue weighted by Crippen LogP contribution is 2.19. The van der Waals surface area contributed by atoms with Gasteiger partial charge in [-0.3, -0.25) is 0 Å². The lowest BCUT2D eigenvalue weighted by atomic mass is 9.97. The molecule has 0 aliphatic rings. The van der Waals surface area contributed by atoms with E-state index in [0.717, 1.165) is 5.56 Å². The molecule has 0 radical (unpaired) electrons. The molecule has 102 valence electrons. The maximum absolute atomic E-state index is 12.1. The third-order valence-electron chi connectivity index (χ3n) is 3.18. The zero-order valence-electron chi connectivity index (χ0n) is 10.8. The van der Waals surface area contributed by atoms with Crippen molar-refractivity contribution in [2.75, 3.05) is 5.88 Å². The first kappa shape index (κ1) is 15.5. The number of hydrogen-bond donors (Lipinski definition) is 1. The van der Waals surface area contributed by atoms with Crippen molar-refractivity contribution < 1.29 is 8.42 Å². The van der Waals surface area contributed by atoms with Crippen molar-refractivity contribution in [3.63, 3.8) is 0 Å². The number of nitrogens with one attached hydrogen (secondary N) is 1. The monoisotopic (exact) mass is 289 g/mol. The highest BCUT2D eigenvalue weighted by Gasteiger charge is 2.30. The van der Waals surface area contributed by atoms with Crippen LogP contribution in [0.1, 0.15) is 32.3 Å². The van der Waals surface area contributed by atoms with Gasteiger partial charge in [0.1, 0.15) is 0 Å². The molecule has 0 saturated carbocycles. The Labute approximate surface area is 115 Å². The van der Waals surface area contributed by atoms with Crippen LogP contribution in [0.15, 0.2) is 30.3 Å². The highest BCUT2D eigenvalue weighted by atomic mass is 35.5. The van der Waals surface area contributed by atoms with Gasteiger partial charge in [-0.15, -0.1) is 11.6 Å². The summed E-state index contributed by atoms with van der Waals surface area (Å²) in [5.74, 6) is 0.278. The van der Waals surface area contributed by atoms with Gasteiger partial charge in [0, 0.05) is 11.4 Å². The molecule has 0 amide bonds. The van der Waals surface area contributed by atoms with Crippen molar-refractivity contribution >= 4 is 21.6 Å². The fourth-order valence-corrected chi connectivity index (χ4v) is 4.02. The topological polar surface area (TPSA) is 46.2 Å². The minimum Gasteiger partial charge on any atom is -0.212 e. The molecule has 0 aliphatic heterocycles. The summed E-state index contributed by atoms with van der Waals surface area (Å²) in [6.45, 7) is 3.88. The Bertz CT molecular complexity index is 447. The van der Waals surface area contributed by atoms with Crippen LogP contribution in [0.3, 0.4) is 0 Å². The van der Waals surface area contributed by atoms with Gasteiger partial charge in [0.2, 0.25) is 10.0 Å². The molecule has 0 aromatic heterocycles. The molecule has 1 aromatic carbocycles. The second kappa shape index (κ2) is 6.55. The van der Waals surface area contributed by atoms with Crippen LogP contribution >= 0.6 is 11.6 Å². The SMILES string of the molecule is CCC(CC)(CCl)NS(=O)(=O)Cc1ccccc1. The second-order valence-corrected chi connectivity index (χ2v) is 6.46. The van der Waals surface area contributed by atoms with Gasteiger partial charge in [-0.25, -0.2) is 13.1 Å². The molecule has 18 heavy (non-hydrogen) atoms. The predicted octanol–water partition coefficient (Wildman–Crippen LogP) is 2.90. The molecular weight excluding hydrogens is 270 g/mol. The normalized spacial score (nSPS) is 12.6. The highest BCUT2D eigenvalue weighted by molar-refractivity contribution is 7.88. The van der Waals surface area contributed by atoms with E-state index >= 15 is 0 Å². The number of halogens is 1. The molecule has 0 unspecified atom stereocenters. The molecule has 0 atom stereocenters. The first-order valence-corrected chi connectivity index (χ1v) is 8.27. The van der Waals surface area contributed by atoms with Crippen molar-refractivity contribution in [1.82, 2.24) is 4.72 Å². The van der Waals surface area contributed by atoms with Crippen LogP contribution in [0.2, 0.25) is 0 Å². The van der Waals surface area contributed by atoms with Crippen LogP contribution < -0.4 is 4.72 Å². The molecular formula is C13H20ClNO2S. The zero-order chi connectivity index (χ0) is 13.6. The molecule has 3 nitrogen and oxygen atoms in total. The van der Waals surface area contributed by atoms with Crippen molar-refractivity contribution in [3.05, 3.63) is 35.9 Å². The largest absolute Gasteiger partial charge is 0.216 e. The van der Waals surface area contributed by atoms with Gasteiger partial charge in [-0.05, 0) is 18.4 Å². The molecule has 5 heteroatoms. The van der Waals surface area contributed by atoms with E-state index in [1.54, 1.807) is 12.1 Å². The molecule has 0 heterocycles.